The minimum atomic E-state index is -0.251. The first kappa shape index (κ1) is 12.4. The Hall–Kier alpha value is 0.400. The topological polar surface area (TPSA) is 52.6 Å². The second-order valence-electron chi connectivity index (χ2n) is 2.11. The summed E-state index contributed by atoms with van der Waals surface area (Å²) in [7, 11) is 0. The van der Waals surface area contributed by atoms with E-state index in [0.29, 0.717) is 25.7 Å². The SMILES string of the molecule is O=C(CCCCC(=O)OI)OI. The van der Waals surface area contributed by atoms with Gasteiger partial charge in [0, 0.05) is 12.8 Å². The molecule has 0 rings (SSSR count). The normalized spacial score (nSPS) is 9.17. The molecule has 0 fully saturated rings. The van der Waals surface area contributed by atoms with Crippen LogP contribution in [0.4, 0.5) is 0 Å². The molecule has 0 amide bonds. The van der Waals surface area contributed by atoms with Crippen LogP contribution in [-0.2, 0) is 15.7 Å². The first-order valence-electron chi connectivity index (χ1n) is 3.33. The number of carbonyl (C=O) groups excluding carboxylic acids is 2. The molecular weight excluding hydrogens is 390 g/mol. The number of rotatable bonds is 5. The highest BCUT2D eigenvalue weighted by molar-refractivity contribution is 14.1. The number of hydrogen-bond donors (Lipinski definition) is 0. The number of halogens is 2. The lowest BCUT2D eigenvalue weighted by atomic mass is 10.2. The summed E-state index contributed by atoms with van der Waals surface area (Å²) >= 11 is 3.09. The molecule has 0 saturated carbocycles. The minimum absolute atomic E-state index is 0.251. The van der Waals surface area contributed by atoms with Gasteiger partial charge in [0.05, 0.1) is 0 Å². The van der Waals surface area contributed by atoms with Gasteiger partial charge in [-0.25, -0.2) is 0 Å². The molecule has 0 N–H and O–H groups in total. The lowest BCUT2D eigenvalue weighted by Crippen LogP contribution is -1.99. The van der Waals surface area contributed by atoms with Gasteiger partial charge in [-0.3, -0.25) is 9.59 Å². The van der Waals surface area contributed by atoms with E-state index in [1.165, 1.54) is 0 Å². The predicted octanol–water partition coefficient (Wildman–Crippen LogP) is 2.33. The molecule has 0 unspecified atom stereocenters. The Morgan fingerprint density at radius 1 is 0.917 bits per heavy atom. The van der Waals surface area contributed by atoms with Crippen molar-refractivity contribution < 1.29 is 15.7 Å². The third-order valence-corrected chi connectivity index (χ3v) is 2.17. The maximum Gasteiger partial charge on any atom is 0.315 e. The van der Waals surface area contributed by atoms with Gasteiger partial charge in [-0.1, -0.05) is 0 Å². The summed E-state index contributed by atoms with van der Waals surface area (Å²) < 4.78 is 8.79. The number of hydrogen-bond acceptors (Lipinski definition) is 4. The lowest BCUT2D eigenvalue weighted by molar-refractivity contribution is -0.133. The molecule has 0 aliphatic rings. The first-order chi connectivity index (χ1) is 5.70. The fraction of sp³-hybridized carbons (Fsp3) is 0.667. The van der Waals surface area contributed by atoms with Gasteiger partial charge < -0.3 is 6.13 Å². The van der Waals surface area contributed by atoms with E-state index < -0.39 is 0 Å². The number of unbranched alkanes of at least 4 members (excludes halogenated alkanes) is 1. The summed E-state index contributed by atoms with van der Waals surface area (Å²) in [5.41, 5.74) is 0. The molecule has 0 aliphatic carbocycles. The first-order valence-corrected chi connectivity index (χ1v) is 5.09. The molecule has 4 nitrogen and oxygen atoms in total. The van der Waals surface area contributed by atoms with Crippen molar-refractivity contribution in [2.24, 2.45) is 0 Å². The average Bonchev–Trinajstić information content (AvgIpc) is 2.11. The summed E-state index contributed by atoms with van der Waals surface area (Å²) in [6.07, 6.45) is 2.04. The molecule has 0 heterocycles. The van der Waals surface area contributed by atoms with Crippen molar-refractivity contribution in [3.05, 3.63) is 0 Å². The largest absolute Gasteiger partial charge is 0.394 e. The standard InChI is InChI=1S/C6H8I2O4/c7-11-5(9)3-1-2-4-6(10)12-8/h1-4H2. The molecular formula is C6H8I2O4. The highest BCUT2D eigenvalue weighted by Crippen LogP contribution is 2.05. The monoisotopic (exact) mass is 398 g/mol. The van der Waals surface area contributed by atoms with Crippen molar-refractivity contribution >= 4 is 58.0 Å². The smallest absolute Gasteiger partial charge is 0.315 e. The van der Waals surface area contributed by atoms with Crippen LogP contribution >= 0.6 is 46.0 Å². The van der Waals surface area contributed by atoms with Crippen molar-refractivity contribution in [3.8, 4) is 0 Å². The average molecular weight is 398 g/mol. The molecule has 0 radical (unpaired) electrons. The van der Waals surface area contributed by atoms with Gasteiger partial charge in [0.1, 0.15) is 0 Å². The maximum absolute atomic E-state index is 10.6. The van der Waals surface area contributed by atoms with Gasteiger partial charge >= 0.3 is 11.9 Å². The Labute approximate surface area is 98.7 Å². The molecule has 0 bridgehead atoms. The van der Waals surface area contributed by atoms with E-state index >= 15 is 0 Å². The Balaban J connectivity index is 3.21. The van der Waals surface area contributed by atoms with Crippen LogP contribution in [0.25, 0.3) is 0 Å². The van der Waals surface area contributed by atoms with E-state index in [1.54, 1.807) is 46.0 Å². The van der Waals surface area contributed by atoms with E-state index in [1.807, 2.05) is 0 Å². The highest BCUT2D eigenvalue weighted by Gasteiger charge is 2.03. The molecule has 70 valence electrons. The Kier molecular flexibility index (Phi) is 8.29. The van der Waals surface area contributed by atoms with Crippen molar-refractivity contribution in [3.63, 3.8) is 0 Å². The second kappa shape index (κ2) is 8.02. The van der Waals surface area contributed by atoms with Gasteiger partial charge in [0.25, 0.3) is 0 Å². The Bertz CT molecular complexity index is 142. The zero-order chi connectivity index (χ0) is 9.40. The van der Waals surface area contributed by atoms with Gasteiger partial charge in [-0.2, -0.15) is 0 Å². The molecule has 0 aliphatic heterocycles. The molecule has 0 aromatic rings. The third kappa shape index (κ3) is 7.07. The number of carbonyl (C=O) groups is 2. The molecule has 0 aromatic heterocycles. The fourth-order valence-electron chi connectivity index (χ4n) is 0.616. The predicted molar refractivity (Wildman–Crippen MR) is 58.7 cm³/mol. The van der Waals surface area contributed by atoms with Gasteiger partial charge in [0.15, 0.2) is 46.0 Å². The van der Waals surface area contributed by atoms with Crippen LogP contribution in [0.5, 0.6) is 0 Å². The van der Waals surface area contributed by atoms with Crippen molar-refractivity contribution in [2.75, 3.05) is 0 Å². The van der Waals surface area contributed by atoms with Crippen LogP contribution in [0.15, 0.2) is 0 Å². The van der Waals surface area contributed by atoms with E-state index in [2.05, 4.69) is 6.13 Å². The summed E-state index contributed by atoms with van der Waals surface area (Å²) in [5, 5.41) is 0. The van der Waals surface area contributed by atoms with Crippen LogP contribution in [0.2, 0.25) is 0 Å². The van der Waals surface area contributed by atoms with Crippen LogP contribution in [-0.4, -0.2) is 11.9 Å². The second-order valence-corrected chi connectivity index (χ2v) is 2.99. The molecule has 0 spiro atoms. The van der Waals surface area contributed by atoms with Crippen molar-refractivity contribution in [1.82, 2.24) is 0 Å². The Morgan fingerprint density at radius 2 is 1.25 bits per heavy atom. The zero-order valence-electron chi connectivity index (χ0n) is 6.22. The minimum Gasteiger partial charge on any atom is -0.394 e. The van der Waals surface area contributed by atoms with Gasteiger partial charge in [-0.05, 0) is 12.8 Å². The van der Waals surface area contributed by atoms with Crippen molar-refractivity contribution in [2.45, 2.75) is 25.7 Å². The van der Waals surface area contributed by atoms with Gasteiger partial charge in [-0.15, -0.1) is 0 Å². The van der Waals surface area contributed by atoms with Crippen LogP contribution < -0.4 is 0 Å². The van der Waals surface area contributed by atoms with Crippen LogP contribution in [0.3, 0.4) is 0 Å². The zero-order valence-corrected chi connectivity index (χ0v) is 10.5. The fourth-order valence-corrected chi connectivity index (χ4v) is 1.06. The summed E-state index contributed by atoms with van der Waals surface area (Å²) in [4.78, 5) is 21.2. The summed E-state index contributed by atoms with van der Waals surface area (Å²) in [6, 6.07) is 0. The summed E-state index contributed by atoms with van der Waals surface area (Å²) in [5.74, 6) is -0.503. The van der Waals surface area contributed by atoms with Crippen LogP contribution in [0.1, 0.15) is 25.7 Å². The summed E-state index contributed by atoms with van der Waals surface area (Å²) in [6.45, 7) is 0. The Morgan fingerprint density at radius 3 is 1.50 bits per heavy atom. The van der Waals surface area contributed by atoms with E-state index in [4.69, 9.17) is 0 Å². The highest BCUT2D eigenvalue weighted by atomic mass is 127. The third-order valence-electron chi connectivity index (χ3n) is 1.18. The lowest BCUT2D eigenvalue weighted by Gasteiger charge is -1.96. The van der Waals surface area contributed by atoms with E-state index in [9.17, 15) is 9.59 Å². The molecule has 0 atom stereocenters. The van der Waals surface area contributed by atoms with E-state index in [-0.39, 0.29) is 11.9 Å². The maximum atomic E-state index is 10.6. The van der Waals surface area contributed by atoms with Crippen molar-refractivity contribution in [1.29, 1.82) is 0 Å². The molecule has 0 aromatic carbocycles. The van der Waals surface area contributed by atoms with Crippen LogP contribution in [0, 0.1) is 0 Å². The van der Waals surface area contributed by atoms with E-state index in [0.717, 1.165) is 0 Å². The molecule has 6 heteroatoms. The van der Waals surface area contributed by atoms with Gasteiger partial charge in [0.2, 0.25) is 0 Å². The molecule has 12 heavy (non-hydrogen) atoms. The quantitative estimate of drug-likeness (QED) is 0.527. The molecule has 0 saturated heterocycles.